The molecule has 0 saturated carbocycles. The van der Waals surface area contributed by atoms with Crippen molar-refractivity contribution in [3.05, 3.63) is 59.7 Å². The quantitative estimate of drug-likeness (QED) is 0.547. The Balaban J connectivity index is 1.64. The molecule has 0 saturated heterocycles. The predicted molar refractivity (Wildman–Crippen MR) is 104 cm³/mol. The second-order valence-electron chi connectivity index (χ2n) is 6.23. The first-order valence-corrected chi connectivity index (χ1v) is 8.78. The maximum Gasteiger partial charge on any atom is 0.407 e. The Morgan fingerprint density at radius 2 is 1.97 bits per heavy atom. The van der Waals surface area contributed by atoms with Crippen LogP contribution < -0.4 is 11.1 Å². The number of likely N-dealkylation sites (N-methyl/N-ethyl adjacent to an activating group) is 1. The highest BCUT2D eigenvalue weighted by Gasteiger charge is 2.13. The van der Waals surface area contributed by atoms with E-state index in [1.165, 1.54) is 24.3 Å². The maximum absolute atomic E-state index is 12.5. The number of nitrogen functional groups attached to an aromatic ring is 1. The molecule has 3 heterocycles. The zero-order chi connectivity index (χ0) is 20.8. The van der Waals surface area contributed by atoms with Crippen LogP contribution in [0, 0.1) is 0 Å². The largest absolute Gasteiger partial charge is 0.465 e. The molecule has 3 aromatic heterocycles. The molecule has 29 heavy (non-hydrogen) atoms. The Morgan fingerprint density at radius 3 is 2.69 bits per heavy atom. The molecule has 0 fully saturated rings. The molecule has 4 N–H and O–H groups in total. The summed E-state index contributed by atoms with van der Waals surface area (Å²) in [7, 11) is 1.50. The molecule has 3 aromatic rings. The molecule has 0 radical (unpaired) electrons. The normalized spacial score (nSPS) is 10.5. The van der Waals surface area contributed by atoms with Crippen LogP contribution in [0.5, 0.6) is 0 Å². The predicted octanol–water partition coefficient (Wildman–Crippen LogP) is 1.80. The number of carboxylic acid groups (broad SMARTS) is 1. The highest BCUT2D eigenvalue weighted by Crippen LogP contribution is 2.19. The molecule has 0 aromatic carbocycles. The number of pyridine rings is 1. The SMILES string of the molecule is CN(CCc1cccc(CNC(=O)c2cc(-c3ccco3)nc(N)n2)n1)C(=O)O. The standard InChI is InChI=1S/C19H20N6O4/c1-25(19(27)28)8-7-12-4-2-5-13(22-12)11-21-17(26)15-10-14(23-18(20)24-15)16-6-3-9-29-16/h2-6,9-10H,7-8,11H2,1H3,(H,21,26)(H,27,28)(H2,20,23,24). The molecule has 0 atom stereocenters. The molecule has 0 aliphatic rings. The van der Waals surface area contributed by atoms with Gasteiger partial charge in [0.2, 0.25) is 5.95 Å². The van der Waals surface area contributed by atoms with Crippen LogP contribution in [0.4, 0.5) is 10.7 Å². The Kier molecular flexibility index (Phi) is 6.03. The first-order valence-electron chi connectivity index (χ1n) is 8.78. The molecule has 0 spiro atoms. The molecule has 0 aliphatic carbocycles. The highest BCUT2D eigenvalue weighted by atomic mass is 16.4. The van der Waals surface area contributed by atoms with Crippen molar-refractivity contribution in [2.45, 2.75) is 13.0 Å². The third-order valence-corrected chi connectivity index (χ3v) is 4.07. The molecule has 3 rings (SSSR count). The Hall–Kier alpha value is -3.95. The number of nitrogens with zero attached hydrogens (tertiary/aromatic N) is 4. The number of hydrogen-bond donors (Lipinski definition) is 3. The molecular formula is C19H20N6O4. The molecular weight excluding hydrogens is 376 g/mol. The number of amides is 2. The van der Waals surface area contributed by atoms with Gasteiger partial charge in [0.05, 0.1) is 18.5 Å². The molecule has 150 valence electrons. The van der Waals surface area contributed by atoms with Crippen LogP contribution in [-0.4, -0.2) is 50.6 Å². The third kappa shape index (κ3) is 5.28. The highest BCUT2D eigenvalue weighted by molar-refractivity contribution is 5.93. The summed E-state index contributed by atoms with van der Waals surface area (Å²) in [6, 6.07) is 10.3. The van der Waals surface area contributed by atoms with E-state index in [0.29, 0.717) is 30.1 Å². The second kappa shape index (κ2) is 8.83. The summed E-state index contributed by atoms with van der Waals surface area (Å²) >= 11 is 0. The van der Waals surface area contributed by atoms with Crippen LogP contribution in [0.25, 0.3) is 11.5 Å². The molecule has 10 nitrogen and oxygen atoms in total. The van der Waals surface area contributed by atoms with E-state index in [-0.39, 0.29) is 18.2 Å². The van der Waals surface area contributed by atoms with Gasteiger partial charge in [-0.2, -0.15) is 0 Å². The van der Waals surface area contributed by atoms with Crippen molar-refractivity contribution in [3.8, 4) is 11.5 Å². The van der Waals surface area contributed by atoms with Gasteiger partial charge < -0.3 is 25.5 Å². The van der Waals surface area contributed by atoms with E-state index in [4.69, 9.17) is 15.3 Å². The monoisotopic (exact) mass is 396 g/mol. The van der Waals surface area contributed by atoms with Crippen molar-refractivity contribution < 1.29 is 19.1 Å². The van der Waals surface area contributed by atoms with Gasteiger partial charge in [0.1, 0.15) is 11.4 Å². The van der Waals surface area contributed by atoms with Gasteiger partial charge in [0, 0.05) is 25.7 Å². The number of rotatable bonds is 7. The maximum atomic E-state index is 12.5. The van der Waals surface area contributed by atoms with Crippen LogP contribution in [0.2, 0.25) is 0 Å². The second-order valence-corrected chi connectivity index (χ2v) is 6.23. The summed E-state index contributed by atoms with van der Waals surface area (Å²) < 4.78 is 5.28. The summed E-state index contributed by atoms with van der Waals surface area (Å²) in [5, 5.41) is 11.6. The lowest BCUT2D eigenvalue weighted by atomic mass is 10.2. The minimum Gasteiger partial charge on any atom is -0.465 e. The lowest BCUT2D eigenvalue weighted by Crippen LogP contribution is -2.27. The van der Waals surface area contributed by atoms with Crippen LogP contribution in [-0.2, 0) is 13.0 Å². The van der Waals surface area contributed by atoms with Crippen LogP contribution in [0.1, 0.15) is 21.9 Å². The zero-order valence-corrected chi connectivity index (χ0v) is 15.7. The fourth-order valence-electron chi connectivity index (χ4n) is 2.54. The van der Waals surface area contributed by atoms with Gasteiger partial charge in [-0.15, -0.1) is 0 Å². The number of carbonyl (C=O) groups is 2. The smallest absolute Gasteiger partial charge is 0.407 e. The summed E-state index contributed by atoms with van der Waals surface area (Å²) in [4.78, 5) is 37.0. The van der Waals surface area contributed by atoms with E-state index in [2.05, 4.69) is 20.3 Å². The third-order valence-electron chi connectivity index (χ3n) is 4.07. The van der Waals surface area contributed by atoms with Gasteiger partial charge >= 0.3 is 6.09 Å². The van der Waals surface area contributed by atoms with Crippen molar-refractivity contribution in [2.24, 2.45) is 0 Å². The lowest BCUT2D eigenvalue weighted by molar-refractivity contribution is 0.0945. The van der Waals surface area contributed by atoms with Gasteiger partial charge in [-0.05, 0) is 30.3 Å². The fraction of sp³-hybridized carbons (Fsp3) is 0.211. The number of anilines is 1. The Morgan fingerprint density at radius 1 is 1.17 bits per heavy atom. The number of carbonyl (C=O) groups excluding carboxylic acids is 1. The molecule has 2 amide bonds. The Labute approximate surface area is 166 Å². The van der Waals surface area contributed by atoms with E-state index >= 15 is 0 Å². The first kappa shape index (κ1) is 19.8. The Bertz CT molecular complexity index is 1010. The molecule has 10 heteroatoms. The van der Waals surface area contributed by atoms with Crippen molar-refractivity contribution in [2.75, 3.05) is 19.3 Å². The van der Waals surface area contributed by atoms with Gasteiger partial charge in [0.25, 0.3) is 5.91 Å². The minimum atomic E-state index is -0.994. The van der Waals surface area contributed by atoms with Gasteiger partial charge in [-0.25, -0.2) is 14.8 Å². The topological polar surface area (TPSA) is 147 Å². The van der Waals surface area contributed by atoms with Gasteiger partial charge in [0.15, 0.2) is 5.76 Å². The number of furan rings is 1. The summed E-state index contributed by atoms with van der Waals surface area (Å²) in [6.07, 6.45) is 0.978. The average molecular weight is 396 g/mol. The number of nitrogens with one attached hydrogen (secondary N) is 1. The number of hydrogen-bond acceptors (Lipinski definition) is 7. The van der Waals surface area contributed by atoms with E-state index in [9.17, 15) is 9.59 Å². The number of nitrogens with two attached hydrogens (primary N) is 1. The first-order chi connectivity index (χ1) is 13.9. The van der Waals surface area contributed by atoms with Crippen molar-refractivity contribution in [1.29, 1.82) is 0 Å². The molecule has 0 bridgehead atoms. The number of aromatic nitrogens is 3. The average Bonchev–Trinajstić information content (AvgIpc) is 3.25. The van der Waals surface area contributed by atoms with Crippen LogP contribution >= 0.6 is 0 Å². The van der Waals surface area contributed by atoms with E-state index in [0.717, 1.165) is 5.69 Å². The summed E-state index contributed by atoms with van der Waals surface area (Å²) in [5.74, 6) is 0.0188. The fourth-order valence-corrected chi connectivity index (χ4v) is 2.54. The van der Waals surface area contributed by atoms with Crippen molar-refractivity contribution >= 4 is 17.9 Å². The van der Waals surface area contributed by atoms with Gasteiger partial charge in [-0.1, -0.05) is 6.07 Å². The summed E-state index contributed by atoms with van der Waals surface area (Å²) in [5.41, 5.74) is 7.61. The van der Waals surface area contributed by atoms with Crippen LogP contribution in [0.3, 0.4) is 0 Å². The lowest BCUT2D eigenvalue weighted by Gasteiger charge is -2.12. The van der Waals surface area contributed by atoms with Crippen molar-refractivity contribution in [1.82, 2.24) is 25.2 Å². The summed E-state index contributed by atoms with van der Waals surface area (Å²) in [6.45, 7) is 0.509. The minimum absolute atomic E-state index is 0.0354. The van der Waals surface area contributed by atoms with Crippen LogP contribution in [0.15, 0.2) is 47.1 Å². The van der Waals surface area contributed by atoms with Gasteiger partial charge in [-0.3, -0.25) is 9.78 Å². The van der Waals surface area contributed by atoms with E-state index < -0.39 is 12.0 Å². The molecule has 0 aliphatic heterocycles. The molecule has 0 unspecified atom stereocenters. The van der Waals surface area contributed by atoms with E-state index in [1.807, 2.05) is 12.1 Å². The van der Waals surface area contributed by atoms with E-state index in [1.54, 1.807) is 18.2 Å². The zero-order valence-electron chi connectivity index (χ0n) is 15.7. The van der Waals surface area contributed by atoms with Crippen molar-refractivity contribution in [3.63, 3.8) is 0 Å².